The van der Waals surface area contributed by atoms with Crippen molar-refractivity contribution in [3.63, 3.8) is 0 Å². The lowest BCUT2D eigenvalue weighted by Gasteiger charge is -2.17. The standard InChI is InChI=1S/C21H24N2O5S/c1-26-16-7-5-8-17(27-2)21(16)28-13-14(24)12-22-19(25)10-11-20-23-15-6-3-4-9-18(15)29-20/h3-9,14,24H,10-13H2,1-2H3,(H,22,25). The van der Waals surface area contributed by atoms with Crippen LogP contribution in [0.5, 0.6) is 17.2 Å². The highest BCUT2D eigenvalue weighted by Gasteiger charge is 2.14. The van der Waals surface area contributed by atoms with Crippen molar-refractivity contribution in [3.05, 3.63) is 47.5 Å². The number of amides is 1. The van der Waals surface area contributed by atoms with Crippen LogP contribution < -0.4 is 19.5 Å². The van der Waals surface area contributed by atoms with Crippen molar-refractivity contribution in [3.8, 4) is 17.2 Å². The van der Waals surface area contributed by atoms with Crippen LogP contribution in [0.25, 0.3) is 10.2 Å². The molecule has 29 heavy (non-hydrogen) atoms. The maximum atomic E-state index is 12.1. The van der Waals surface area contributed by atoms with Crippen molar-refractivity contribution < 1.29 is 24.1 Å². The zero-order valence-electron chi connectivity index (χ0n) is 16.4. The number of benzene rings is 2. The van der Waals surface area contributed by atoms with Gasteiger partial charge in [-0.05, 0) is 24.3 Å². The molecule has 0 saturated heterocycles. The van der Waals surface area contributed by atoms with Gasteiger partial charge in [-0.15, -0.1) is 11.3 Å². The summed E-state index contributed by atoms with van der Waals surface area (Å²) in [5, 5.41) is 13.8. The second-order valence-electron chi connectivity index (χ2n) is 6.34. The lowest BCUT2D eigenvalue weighted by Crippen LogP contribution is -2.35. The molecule has 154 valence electrons. The molecule has 0 bridgehead atoms. The van der Waals surface area contributed by atoms with Crippen LogP contribution in [-0.2, 0) is 11.2 Å². The van der Waals surface area contributed by atoms with Gasteiger partial charge in [0.1, 0.15) is 12.7 Å². The van der Waals surface area contributed by atoms with Gasteiger partial charge in [-0.3, -0.25) is 4.79 Å². The topological polar surface area (TPSA) is 89.9 Å². The quantitative estimate of drug-likeness (QED) is 0.528. The number of aliphatic hydroxyl groups is 1. The normalized spacial score (nSPS) is 11.8. The Morgan fingerprint density at radius 3 is 2.55 bits per heavy atom. The van der Waals surface area contributed by atoms with E-state index in [2.05, 4.69) is 10.3 Å². The summed E-state index contributed by atoms with van der Waals surface area (Å²) in [5.74, 6) is 1.30. The average molecular weight is 416 g/mol. The smallest absolute Gasteiger partial charge is 0.220 e. The number of hydrogen-bond acceptors (Lipinski definition) is 7. The van der Waals surface area contributed by atoms with Gasteiger partial charge < -0.3 is 24.6 Å². The molecule has 7 nitrogen and oxygen atoms in total. The van der Waals surface area contributed by atoms with Crippen LogP contribution in [0.3, 0.4) is 0 Å². The first-order valence-corrected chi connectivity index (χ1v) is 10.1. The van der Waals surface area contributed by atoms with Gasteiger partial charge in [0, 0.05) is 19.4 Å². The molecule has 0 saturated carbocycles. The van der Waals surface area contributed by atoms with Crippen LogP contribution in [0.15, 0.2) is 42.5 Å². The first-order valence-electron chi connectivity index (χ1n) is 9.23. The van der Waals surface area contributed by atoms with E-state index in [0.29, 0.717) is 30.1 Å². The van der Waals surface area contributed by atoms with Crippen LogP contribution >= 0.6 is 11.3 Å². The van der Waals surface area contributed by atoms with Gasteiger partial charge in [0.2, 0.25) is 11.7 Å². The lowest BCUT2D eigenvalue weighted by molar-refractivity contribution is -0.121. The van der Waals surface area contributed by atoms with Crippen LogP contribution in [0.4, 0.5) is 0 Å². The minimum atomic E-state index is -0.865. The molecular weight excluding hydrogens is 392 g/mol. The number of para-hydroxylation sites is 2. The molecule has 0 fully saturated rings. The molecule has 0 spiro atoms. The van der Waals surface area contributed by atoms with E-state index in [1.54, 1.807) is 29.5 Å². The Hall–Kier alpha value is -2.84. The third-order valence-electron chi connectivity index (χ3n) is 4.24. The Labute approximate surface area is 173 Å². The van der Waals surface area contributed by atoms with Crippen molar-refractivity contribution in [1.82, 2.24) is 10.3 Å². The number of aromatic nitrogens is 1. The van der Waals surface area contributed by atoms with Crippen molar-refractivity contribution in [2.24, 2.45) is 0 Å². The number of aryl methyl sites for hydroxylation is 1. The summed E-state index contributed by atoms with van der Waals surface area (Å²) in [7, 11) is 3.06. The molecule has 0 aliphatic rings. The first kappa shape index (κ1) is 20.9. The van der Waals surface area contributed by atoms with Gasteiger partial charge in [0.25, 0.3) is 0 Å². The molecular formula is C21H24N2O5S. The first-order chi connectivity index (χ1) is 14.1. The molecule has 0 aliphatic carbocycles. The maximum Gasteiger partial charge on any atom is 0.220 e. The number of carbonyl (C=O) groups excluding carboxylic acids is 1. The SMILES string of the molecule is COc1cccc(OC)c1OCC(O)CNC(=O)CCc1nc2ccccc2s1. The molecule has 0 aliphatic heterocycles. The molecule has 1 aromatic heterocycles. The minimum Gasteiger partial charge on any atom is -0.493 e. The Morgan fingerprint density at radius 2 is 1.86 bits per heavy atom. The number of hydrogen-bond donors (Lipinski definition) is 2. The van der Waals surface area contributed by atoms with Gasteiger partial charge in [-0.25, -0.2) is 4.98 Å². The van der Waals surface area contributed by atoms with E-state index in [-0.39, 0.29) is 19.1 Å². The number of carbonyl (C=O) groups is 1. The van der Waals surface area contributed by atoms with Crippen LogP contribution in [-0.4, -0.2) is 49.5 Å². The number of nitrogens with zero attached hydrogens (tertiary/aromatic N) is 1. The second-order valence-corrected chi connectivity index (χ2v) is 7.45. The van der Waals surface area contributed by atoms with Crippen LogP contribution in [0, 0.1) is 0 Å². The average Bonchev–Trinajstić information content (AvgIpc) is 3.17. The summed E-state index contributed by atoms with van der Waals surface area (Å²) >= 11 is 1.59. The van der Waals surface area contributed by atoms with E-state index < -0.39 is 6.10 Å². The molecule has 1 atom stereocenters. The van der Waals surface area contributed by atoms with E-state index in [1.807, 2.05) is 24.3 Å². The van der Waals surface area contributed by atoms with Crippen molar-refractivity contribution >= 4 is 27.5 Å². The summed E-state index contributed by atoms with van der Waals surface area (Å²) in [4.78, 5) is 16.6. The third-order valence-corrected chi connectivity index (χ3v) is 5.34. The molecule has 8 heteroatoms. The van der Waals surface area contributed by atoms with Crippen molar-refractivity contribution in [2.45, 2.75) is 18.9 Å². The Morgan fingerprint density at radius 1 is 1.14 bits per heavy atom. The van der Waals surface area contributed by atoms with E-state index in [1.165, 1.54) is 14.2 Å². The molecule has 3 aromatic rings. The molecule has 1 amide bonds. The van der Waals surface area contributed by atoms with E-state index in [9.17, 15) is 9.90 Å². The Kier molecular flexibility index (Phi) is 7.26. The number of nitrogens with one attached hydrogen (secondary N) is 1. The van der Waals surface area contributed by atoms with Gasteiger partial charge in [0.15, 0.2) is 11.5 Å². The molecule has 3 rings (SSSR count). The van der Waals surface area contributed by atoms with E-state index >= 15 is 0 Å². The molecule has 2 N–H and O–H groups in total. The predicted octanol–water partition coefficient (Wildman–Crippen LogP) is 2.80. The largest absolute Gasteiger partial charge is 0.493 e. The number of aliphatic hydroxyl groups excluding tert-OH is 1. The summed E-state index contributed by atoms with van der Waals surface area (Å²) in [5.41, 5.74) is 0.951. The number of fused-ring (bicyclic) bond motifs is 1. The maximum absolute atomic E-state index is 12.1. The number of ether oxygens (including phenoxy) is 3. The number of rotatable bonds is 10. The van der Waals surface area contributed by atoms with Crippen LogP contribution in [0.1, 0.15) is 11.4 Å². The van der Waals surface area contributed by atoms with Gasteiger partial charge in [-0.2, -0.15) is 0 Å². The summed E-state index contributed by atoms with van der Waals surface area (Å²) in [6.07, 6.45) is 0.0141. The Balaban J connectivity index is 1.43. The highest BCUT2D eigenvalue weighted by atomic mass is 32.1. The van der Waals surface area contributed by atoms with Crippen molar-refractivity contribution in [1.29, 1.82) is 0 Å². The van der Waals surface area contributed by atoms with Crippen LogP contribution in [0.2, 0.25) is 0 Å². The molecule has 1 unspecified atom stereocenters. The summed E-state index contributed by atoms with van der Waals surface area (Å²) < 4.78 is 17.3. The van der Waals surface area contributed by atoms with Crippen molar-refractivity contribution in [2.75, 3.05) is 27.4 Å². The summed E-state index contributed by atoms with van der Waals surface area (Å²) in [6, 6.07) is 13.2. The van der Waals surface area contributed by atoms with Gasteiger partial charge in [-0.1, -0.05) is 18.2 Å². The van der Waals surface area contributed by atoms with Gasteiger partial charge in [0.05, 0.1) is 29.4 Å². The molecule has 0 radical (unpaired) electrons. The molecule has 2 aromatic carbocycles. The fourth-order valence-electron chi connectivity index (χ4n) is 2.77. The fraction of sp³-hybridized carbons (Fsp3) is 0.333. The lowest BCUT2D eigenvalue weighted by atomic mass is 10.2. The predicted molar refractivity (Wildman–Crippen MR) is 112 cm³/mol. The second kappa shape index (κ2) is 10.1. The zero-order chi connectivity index (χ0) is 20.6. The number of thiazole rings is 1. The monoisotopic (exact) mass is 416 g/mol. The third kappa shape index (κ3) is 5.58. The van der Waals surface area contributed by atoms with Gasteiger partial charge >= 0.3 is 0 Å². The molecule has 1 heterocycles. The fourth-order valence-corrected chi connectivity index (χ4v) is 3.73. The zero-order valence-corrected chi connectivity index (χ0v) is 17.2. The van der Waals surface area contributed by atoms with E-state index in [4.69, 9.17) is 14.2 Å². The number of methoxy groups -OCH3 is 2. The van der Waals surface area contributed by atoms with E-state index in [0.717, 1.165) is 15.2 Å². The highest BCUT2D eigenvalue weighted by Crippen LogP contribution is 2.36. The Bertz CT molecular complexity index is 904. The minimum absolute atomic E-state index is 0.00508. The highest BCUT2D eigenvalue weighted by molar-refractivity contribution is 7.18. The summed E-state index contributed by atoms with van der Waals surface area (Å²) in [6.45, 7) is 0.0883.